The third-order valence-corrected chi connectivity index (χ3v) is 7.03. The van der Waals surface area contributed by atoms with Crippen LogP contribution in [0.1, 0.15) is 34.8 Å². The van der Waals surface area contributed by atoms with E-state index in [1.54, 1.807) is 7.11 Å². The minimum atomic E-state index is 0.0440. The summed E-state index contributed by atoms with van der Waals surface area (Å²) >= 11 is 0. The van der Waals surface area contributed by atoms with Crippen molar-refractivity contribution in [2.75, 3.05) is 66.1 Å². The molecule has 33 heavy (non-hydrogen) atoms. The van der Waals surface area contributed by atoms with Gasteiger partial charge in [-0.05, 0) is 30.5 Å². The molecular formula is C27H38N4O2. The molecule has 2 aliphatic rings. The van der Waals surface area contributed by atoms with Gasteiger partial charge in [-0.3, -0.25) is 14.6 Å². The quantitative estimate of drug-likeness (QED) is 0.637. The predicted octanol–water partition coefficient (Wildman–Crippen LogP) is 2.89. The molecule has 6 nitrogen and oxygen atoms in total. The number of nitrogens with zero attached hydrogens (tertiary/aromatic N) is 3. The maximum atomic E-state index is 12.5. The van der Waals surface area contributed by atoms with Gasteiger partial charge in [0.2, 0.25) is 0 Å². The summed E-state index contributed by atoms with van der Waals surface area (Å²) in [6.07, 6.45) is 2.01. The largest absolute Gasteiger partial charge is 0.383 e. The Hall–Kier alpha value is -2.25. The lowest BCUT2D eigenvalue weighted by atomic mass is 10.00. The molecule has 0 aliphatic carbocycles. The van der Waals surface area contributed by atoms with Crippen LogP contribution in [0.4, 0.5) is 0 Å². The number of ether oxygens (including phenoxy) is 1. The van der Waals surface area contributed by atoms with Gasteiger partial charge < -0.3 is 15.0 Å². The Morgan fingerprint density at radius 1 is 0.909 bits per heavy atom. The molecular weight excluding hydrogens is 412 g/mol. The smallest absolute Gasteiger partial charge is 0.251 e. The van der Waals surface area contributed by atoms with Crippen LogP contribution in [0.15, 0.2) is 60.7 Å². The number of carbonyl (C=O) groups excluding carboxylic acids is 1. The molecule has 2 aliphatic heterocycles. The minimum Gasteiger partial charge on any atom is -0.383 e. The molecule has 0 radical (unpaired) electrons. The molecule has 0 spiro atoms. The van der Waals surface area contributed by atoms with Crippen LogP contribution in [0.3, 0.4) is 0 Å². The number of carbonyl (C=O) groups is 1. The van der Waals surface area contributed by atoms with Gasteiger partial charge in [0.15, 0.2) is 0 Å². The summed E-state index contributed by atoms with van der Waals surface area (Å²) < 4.78 is 5.26. The van der Waals surface area contributed by atoms with Crippen LogP contribution in [-0.2, 0) is 4.74 Å². The third-order valence-electron chi connectivity index (χ3n) is 7.03. The van der Waals surface area contributed by atoms with Crippen molar-refractivity contribution < 1.29 is 9.53 Å². The lowest BCUT2D eigenvalue weighted by Gasteiger charge is -2.42. The van der Waals surface area contributed by atoms with Gasteiger partial charge in [-0.1, -0.05) is 48.5 Å². The van der Waals surface area contributed by atoms with E-state index in [1.807, 2.05) is 30.3 Å². The van der Waals surface area contributed by atoms with Gasteiger partial charge in [-0.2, -0.15) is 0 Å². The molecule has 178 valence electrons. The molecule has 1 unspecified atom stereocenters. The van der Waals surface area contributed by atoms with Gasteiger partial charge in [-0.15, -0.1) is 0 Å². The summed E-state index contributed by atoms with van der Waals surface area (Å²) in [5, 5.41) is 3.23. The fourth-order valence-electron chi connectivity index (χ4n) is 4.99. The van der Waals surface area contributed by atoms with Gasteiger partial charge >= 0.3 is 0 Å². The highest BCUT2D eigenvalue weighted by Crippen LogP contribution is 2.25. The van der Waals surface area contributed by atoms with Crippen LogP contribution in [-0.4, -0.2) is 92.7 Å². The normalized spacial score (nSPS) is 19.9. The molecule has 2 heterocycles. The first-order valence-corrected chi connectivity index (χ1v) is 12.3. The van der Waals surface area contributed by atoms with Crippen molar-refractivity contribution in [1.29, 1.82) is 0 Å². The van der Waals surface area contributed by atoms with Crippen molar-refractivity contribution in [1.82, 2.24) is 20.0 Å². The van der Waals surface area contributed by atoms with Crippen LogP contribution < -0.4 is 5.32 Å². The number of piperidine rings is 1. The zero-order valence-corrected chi connectivity index (χ0v) is 19.9. The Bertz CT molecular complexity index is 832. The molecule has 2 saturated heterocycles. The fraction of sp³-hybridized carbons (Fsp3) is 0.519. The minimum absolute atomic E-state index is 0.0440. The van der Waals surface area contributed by atoms with Crippen LogP contribution >= 0.6 is 0 Å². The zero-order valence-electron chi connectivity index (χ0n) is 19.9. The Labute approximate surface area is 198 Å². The summed E-state index contributed by atoms with van der Waals surface area (Å²) in [4.78, 5) is 20.3. The molecule has 2 fully saturated rings. The lowest BCUT2D eigenvalue weighted by Crippen LogP contribution is -2.51. The molecule has 1 atom stereocenters. The molecule has 0 saturated carbocycles. The average Bonchev–Trinajstić information content (AvgIpc) is 2.88. The van der Waals surface area contributed by atoms with Gasteiger partial charge in [0.1, 0.15) is 0 Å². The van der Waals surface area contributed by atoms with Crippen molar-refractivity contribution in [2.45, 2.75) is 24.9 Å². The van der Waals surface area contributed by atoms with Crippen molar-refractivity contribution >= 4 is 5.91 Å². The highest BCUT2D eigenvalue weighted by atomic mass is 16.5. The van der Waals surface area contributed by atoms with Gasteiger partial charge in [0.25, 0.3) is 5.91 Å². The average molecular weight is 451 g/mol. The monoisotopic (exact) mass is 450 g/mol. The maximum Gasteiger partial charge on any atom is 0.251 e. The van der Waals surface area contributed by atoms with E-state index in [0.29, 0.717) is 6.04 Å². The van der Waals surface area contributed by atoms with Crippen molar-refractivity contribution in [3.05, 3.63) is 71.8 Å². The predicted molar refractivity (Wildman–Crippen MR) is 132 cm³/mol. The molecule has 0 bridgehead atoms. The van der Waals surface area contributed by atoms with E-state index in [0.717, 1.165) is 77.4 Å². The summed E-state index contributed by atoms with van der Waals surface area (Å²) in [5.74, 6) is 0.0440. The van der Waals surface area contributed by atoms with Crippen LogP contribution in [0.2, 0.25) is 0 Å². The standard InChI is InChI=1S/C27H38N4O2/c1-33-21-20-29-16-18-31(19-17-29)26(23-8-4-2-5-9-23)22-30-14-12-25(13-15-30)28-27(32)24-10-6-3-7-11-24/h2-11,25-26H,12-22H2,1H3,(H,28,32). The third kappa shape index (κ3) is 6.87. The van der Waals surface area contributed by atoms with E-state index < -0.39 is 0 Å². The molecule has 1 amide bonds. The van der Waals surface area contributed by atoms with E-state index in [2.05, 4.69) is 50.3 Å². The molecule has 2 aromatic carbocycles. The fourth-order valence-corrected chi connectivity index (χ4v) is 4.99. The number of hydrogen-bond donors (Lipinski definition) is 1. The molecule has 4 rings (SSSR count). The Balaban J connectivity index is 1.31. The van der Waals surface area contributed by atoms with Crippen LogP contribution in [0.5, 0.6) is 0 Å². The lowest BCUT2D eigenvalue weighted by molar-refractivity contribution is 0.0547. The van der Waals surface area contributed by atoms with Crippen molar-refractivity contribution in [3.8, 4) is 0 Å². The number of hydrogen-bond acceptors (Lipinski definition) is 5. The first kappa shape index (κ1) is 23.9. The molecule has 2 aromatic rings. The van der Waals surface area contributed by atoms with Crippen molar-refractivity contribution in [3.63, 3.8) is 0 Å². The molecule has 6 heteroatoms. The van der Waals surface area contributed by atoms with E-state index >= 15 is 0 Å². The second-order valence-electron chi connectivity index (χ2n) is 9.21. The zero-order chi connectivity index (χ0) is 22.9. The summed E-state index contributed by atoms with van der Waals surface area (Å²) in [6.45, 7) is 9.29. The van der Waals surface area contributed by atoms with E-state index in [1.165, 1.54) is 5.56 Å². The Kier molecular flexibility index (Phi) is 8.89. The van der Waals surface area contributed by atoms with Crippen molar-refractivity contribution in [2.24, 2.45) is 0 Å². The number of nitrogens with one attached hydrogen (secondary N) is 1. The van der Waals surface area contributed by atoms with Gasteiger partial charge in [0, 0.05) is 77.1 Å². The molecule has 0 aromatic heterocycles. The van der Waals surface area contributed by atoms with Gasteiger partial charge in [0.05, 0.1) is 6.61 Å². The van der Waals surface area contributed by atoms with Gasteiger partial charge in [-0.25, -0.2) is 0 Å². The number of benzene rings is 2. The molecule has 1 N–H and O–H groups in total. The van der Waals surface area contributed by atoms with Crippen LogP contribution in [0, 0.1) is 0 Å². The number of likely N-dealkylation sites (tertiary alicyclic amines) is 1. The number of piperazine rings is 1. The van der Waals surface area contributed by atoms with Crippen LogP contribution in [0.25, 0.3) is 0 Å². The van der Waals surface area contributed by atoms with E-state index in [4.69, 9.17) is 4.74 Å². The number of rotatable bonds is 9. The summed E-state index contributed by atoms with van der Waals surface area (Å²) in [7, 11) is 1.78. The first-order valence-electron chi connectivity index (χ1n) is 12.3. The maximum absolute atomic E-state index is 12.5. The Morgan fingerprint density at radius 3 is 2.18 bits per heavy atom. The number of amides is 1. The highest BCUT2D eigenvalue weighted by Gasteiger charge is 2.29. The highest BCUT2D eigenvalue weighted by molar-refractivity contribution is 5.94. The second-order valence-corrected chi connectivity index (χ2v) is 9.21. The second kappa shape index (κ2) is 12.3. The first-order chi connectivity index (χ1) is 16.2. The number of methoxy groups -OCH3 is 1. The summed E-state index contributed by atoms with van der Waals surface area (Å²) in [6, 6.07) is 21.2. The SMILES string of the molecule is COCCN1CCN(C(CN2CCC(NC(=O)c3ccccc3)CC2)c2ccccc2)CC1. The Morgan fingerprint density at radius 2 is 1.55 bits per heavy atom. The topological polar surface area (TPSA) is 48.1 Å². The summed E-state index contributed by atoms with van der Waals surface area (Å²) in [5.41, 5.74) is 2.15. The van der Waals surface area contributed by atoms with E-state index in [-0.39, 0.29) is 11.9 Å². The van der Waals surface area contributed by atoms with E-state index in [9.17, 15) is 4.79 Å².